The molecule has 19 heavy (non-hydrogen) atoms. The van der Waals surface area contributed by atoms with Gasteiger partial charge in [-0.25, -0.2) is 9.72 Å². The molecule has 0 fully saturated rings. The molecule has 0 spiro atoms. The van der Waals surface area contributed by atoms with E-state index in [1.54, 1.807) is 12.3 Å². The summed E-state index contributed by atoms with van der Waals surface area (Å²) < 4.78 is 0.894. The van der Waals surface area contributed by atoms with Crippen LogP contribution in [0, 0.1) is 5.21 Å². The Hall–Kier alpha value is -1.81. The lowest BCUT2D eigenvalue weighted by atomic mass is 10.1. The molecule has 1 aromatic carbocycles. The number of hydrogen-bond donors (Lipinski definition) is 1. The van der Waals surface area contributed by atoms with Gasteiger partial charge in [-0.1, -0.05) is 23.7 Å². The number of H-pyrrole nitrogens is 1. The molecule has 0 radical (unpaired) electrons. The van der Waals surface area contributed by atoms with Crippen LogP contribution in [0.5, 0.6) is 0 Å². The van der Waals surface area contributed by atoms with Crippen LogP contribution in [0.2, 0.25) is 5.02 Å². The number of hydrogen-bond acceptors (Lipinski definition) is 2. The van der Waals surface area contributed by atoms with Gasteiger partial charge < -0.3 is 10.2 Å². The third-order valence-electron chi connectivity index (χ3n) is 2.61. The molecular weight excluding hydrogens is 262 g/mol. The largest absolute Gasteiger partial charge is 0.623 e. The van der Waals surface area contributed by atoms with Crippen LogP contribution >= 0.6 is 11.6 Å². The lowest BCUT2D eigenvalue weighted by Crippen LogP contribution is -2.29. The lowest BCUT2D eigenvalue weighted by molar-refractivity contribution is -0.530. The van der Waals surface area contributed by atoms with Crippen molar-refractivity contribution in [3.63, 3.8) is 0 Å². The number of benzene rings is 1. The molecule has 0 aliphatic rings. The van der Waals surface area contributed by atoms with Crippen molar-refractivity contribution in [3.05, 3.63) is 46.4 Å². The van der Waals surface area contributed by atoms with Crippen LogP contribution in [0.3, 0.4) is 0 Å². The van der Waals surface area contributed by atoms with E-state index >= 15 is 0 Å². The van der Waals surface area contributed by atoms with Crippen molar-refractivity contribution >= 4 is 17.8 Å². The van der Waals surface area contributed by atoms with E-state index < -0.39 is 5.54 Å². The summed E-state index contributed by atoms with van der Waals surface area (Å²) in [5, 5.41) is 12.5. The molecule has 0 aliphatic heterocycles. The zero-order chi connectivity index (χ0) is 14.0. The van der Waals surface area contributed by atoms with E-state index in [0.29, 0.717) is 16.5 Å². The number of aromatic nitrogens is 2. The third kappa shape index (κ3) is 3.35. The van der Waals surface area contributed by atoms with E-state index in [4.69, 9.17) is 11.6 Å². The summed E-state index contributed by atoms with van der Waals surface area (Å²) in [5.41, 5.74) is 1.01. The van der Waals surface area contributed by atoms with Gasteiger partial charge in [-0.05, 0) is 12.1 Å². The number of hydroxylamine groups is 1. The Morgan fingerprint density at radius 3 is 2.74 bits per heavy atom. The van der Waals surface area contributed by atoms with E-state index in [1.165, 1.54) is 6.21 Å². The topological polar surface area (TPSA) is 54.8 Å². The van der Waals surface area contributed by atoms with E-state index in [9.17, 15) is 5.21 Å². The highest BCUT2D eigenvalue weighted by Gasteiger charge is 2.18. The molecule has 1 N–H and O–H groups in total. The molecule has 100 valence electrons. The fraction of sp³-hybridized carbons (Fsp3) is 0.286. The second-order valence-electron chi connectivity index (χ2n) is 5.31. The fourth-order valence-electron chi connectivity index (χ4n) is 1.50. The minimum absolute atomic E-state index is 0.477. The Labute approximate surface area is 117 Å². The summed E-state index contributed by atoms with van der Waals surface area (Å²) in [5.74, 6) is 0.691. The first-order valence-corrected chi connectivity index (χ1v) is 6.37. The van der Waals surface area contributed by atoms with E-state index in [-0.39, 0.29) is 0 Å². The SMILES string of the molecule is CC(C)(C)/[N+]([O-])=C/c1c[nH]c(-c2cccc(Cl)c2)n1. The monoisotopic (exact) mass is 277 g/mol. The van der Waals surface area contributed by atoms with Gasteiger partial charge in [0.15, 0.2) is 5.54 Å². The fourth-order valence-corrected chi connectivity index (χ4v) is 1.69. The molecule has 0 amide bonds. The summed E-state index contributed by atoms with van der Waals surface area (Å²) in [6.45, 7) is 5.54. The van der Waals surface area contributed by atoms with Gasteiger partial charge in [0.1, 0.15) is 11.5 Å². The zero-order valence-corrected chi connectivity index (χ0v) is 11.9. The van der Waals surface area contributed by atoms with Crippen LogP contribution in [0.15, 0.2) is 30.5 Å². The van der Waals surface area contributed by atoms with Crippen LogP contribution in [0.4, 0.5) is 0 Å². The van der Waals surface area contributed by atoms with Crippen LogP contribution in [-0.4, -0.2) is 26.5 Å². The molecule has 1 heterocycles. The normalized spacial score (nSPS) is 12.7. The van der Waals surface area contributed by atoms with Gasteiger partial charge in [-0.15, -0.1) is 0 Å². The number of imidazole rings is 1. The summed E-state index contributed by atoms with van der Waals surface area (Å²) in [7, 11) is 0. The molecule has 0 atom stereocenters. The van der Waals surface area contributed by atoms with Crippen molar-refractivity contribution < 1.29 is 4.74 Å². The highest BCUT2D eigenvalue weighted by atomic mass is 35.5. The number of halogens is 1. The molecule has 4 nitrogen and oxygen atoms in total. The standard InChI is InChI=1S/C14H16ClN3O/c1-14(2,3)18(19)9-12-8-16-13(17-12)10-5-4-6-11(15)7-10/h4-9H,1-3H3,(H,16,17)/b18-9-. The lowest BCUT2D eigenvalue weighted by Gasteiger charge is -2.17. The van der Waals surface area contributed by atoms with Gasteiger partial charge in [0.25, 0.3) is 0 Å². The first-order chi connectivity index (χ1) is 8.86. The summed E-state index contributed by atoms with van der Waals surface area (Å²) in [6.07, 6.45) is 3.18. The van der Waals surface area contributed by atoms with E-state index in [1.807, 2.05) is 39.0 Å². The summed E-state index contributed by atoms with van der Waals surface area (Å²) in [4.78, 5) is 7.40. The van der Waals surface area contributed by atoms with Gasteiger partial charge in [0.05, 0.1) is 0 Å². The van der Waals surface area contributed by atoms with Crippen molar-refractivity contribution in [3.8, 4) is 11.4 Å². The van der Waals surface area contributed by atoms with E-state index in [0.717, 1.165) is 10.3 Å². The number of nitrogens with zero attached hydrogens (tertiary/aromatic N) is 2. The molecule has 2 rings (SSSR count). The minimum atomic E-state index is -0.477. The Morgan fingerprint density at radius 2 is 2.11 bits per heavy atom. The second kappa shape index (κ2) is 5.05. The summed E-state index contributed by atoms with van der Waals surface area (Å²) in [6, 6.07) is 7.40. The van der Waals surface area contributed by atoms with Gasteiger partial charge >= 0.3 is 0 Å². The van der Waals surface area contributed by atoms with Crippen molar-refractivity contribution in [1.29, 1.82) is 0 Å². The quantitative estimate of drug-likeness (QED) is 0.396. The van der Waals surface area contributed by atoms with Crippen molar-refractivity contribution in [2.45, 2.75) is 26.3 Å². The maximum absolute atomic E-state index is 11.8. The predicted molar refractivity (Wildman–Crippen MR) is 77.6 cm³/mol. The highest BCUT2D eigenvalue weighted by Crippen LogP contribution is 2.19. The highest BCUT2D eigenvalue weighted by molar-refractivity contribution is 6.30. The van der Waals surface area contributed by atoms with Crippen LogP contribution in [0.1, 0.15) is 26.5 Å². The second-order valence-corrected chi connectivity index (χ2v) is 5.75. The molecular formula is C14H16ClN3O. The van der Waals surface area contributed by atoms with Crippen LogP contribution in [0.25, 0.3) is 11.4 Å². The first-order valence-electron chi connectivity index (χ1n) is 5.99. The average Bonchev–Trinajstić information content (AvgIpc) is 2.76. The Bertz CT molecular complexity index is 611. The van der Waals surface area contributed by atoms with Gasteiger partial charge in [0, 0.05) is 37.6 Å². The van der Waals surface area contributed by atoms with E-state index in [2.05, 4.69) is 9.97 Å². The van der Waals surface area contributed by atoms with Crippen LogP contribution < -0.4 is 0 Å². The van der Waals surface area contributed by atoms with Crippen LogP contribution in [-0.2, 0) is 0 Å². The molecule has 0 unspecified atom stereocenters. The molecule has 2 aromatic rings. The predicted octanol–water partition coefficient (Wildman–Crippen LogP) is 3.46. The first kappa shape index (κ1) is 13.6. The van der Waals surface area contributed by atoms with Crippen molar-refractivity contribution in [2.75, 3.05) is 0 Å². The maximum Gasteiger partial charge on any atom is 0.202 e. The minimum Gasteiger partial charge on any atom is -0.623 e. The summed E-state index contributed by atoms with van der Waals surface area (Å²) >= 11 is 5.94. The van der Waals surface area contributed by atoms with Crippen molar-refractivity contribution in [1.82, 2.24) is 9.97 Å². The maximum atomic E-state index is 11.8. The number of nitrogens with one attached hydrogen (secondary N) is 1. The van der Waals surface area contributed by atoms with Gasteiger partial charge in [-0.3, -0.25) is 0 Å². The smallest absolute Gasteiger partial charge is 0.202 e. The molecule has 0 bridgehead atoms. The Balaban J connectivity index is 2.30. The molecule has 0 aliphatic carbocycles. The number of rotatable bonds is 2. The Morgan fingerprint density at radius 1 is 1.37 bits per heavy atom. The molecule has 0 saturated carbocycles. The van der Waals surface area contributed by atoms with Crippen molar-refractivity contribution in [2.24, 2.45) is 0 Å². The Kier molecular flexibility index (Phi) is 3.62. The number of aromatic amines is 1. The third-order valence-corrected chi connectivity index (χ3v) is 2.84. The average molecular weight is 278 g/mol. The molecule has 1 aromatic heterocycles. The molecule has 0 saturated heterocycles. The van der Waals surface area contributed by atoms with Gasteiger partial charge in [-0.2, -0.15) is 0 Å². The van der Waals surface area contributed by atoms with Gasteiger partial charge in [0.2, 0.25) is 6.21 Å². The zero-order valence-electron chi connectivity index (χ0n) is 11.1. The molecule has 5 heteroatoms.